The summed E-state index contributed by atoms with van der Waals surface area (Å²) in [5, 5.41) is 10.4. The Balaban J connectivity index is 1.60. The van der Waals surface area contributed by atoms with Crippen molar-refractivity contribution in [1.82, 2.24) is 4.90 Å². The molecule has 1 aromatic rings. The van der Waals surface area contributed by atoms with Gasteiger partial charge in [0.25, 0.3) is 0 Å². The third kappa shape index (κ3) is 2.63. The molecular weight excluding hydrogens is 250 g/mol. The van der Waals surface area contributed by atoms with Crippen LogP contribution >= 0.6 is 11.6 Å². The van der Waals surface area contributed by atoms with Crippen molar-refractivity contribution >= 4 is 11.6 Å². The van der Waals surface area contributed by atoms with Gasteiger partial charge >= 0.3 is 0 Å². The number of hydrogen-bond acceptors (Lipinski definition) is 3. The summed E-state index contributed by atoms with van der Waals surface area (Å²) < 4.78 is 5.92. The van der Waals surface area contributed by atoms with Gasteiger partial charge in [0.15, 0.2) is 0 Å². The average molecular weight is 268 g/mol. The van der Waals surface area contributed by atoms with Gasteiger partial charge in [-0.1, -0.05) is 11.6 Å². The van der Waals surface area contributed by atoms with Crippen LogP contribution in [0.5, 0.6) is 5.75 Å². The van der Waals surface area contributed by atoms with E-state index in [4.69, 9.17) is 16.3 Å². The van der Waals surface area contributed by atoms with Gasteiger partial charge < -0.3 is 9.84 Å². The van der Waals surface area contributed by atoms with E-state index < -0.39 is 0 Å². The molecule has 0 amide bonds. The number of piperidine rings is 1. The van der Waals surface area contributed by atoms with Crippen LogP contribution < -0.4 is 4.74 Å². The summed E-state index contributed by atoms with van der Waals surface area (Å²) in [5.41, 5.74) is 1.20. The quantitative estimate of drug-likeness (QED) is 0.891. The third-order valence-corrected chi connectivity index (χ3v) is 3.94. The SMILES string of the molecule is OC1CCCN(CC2Cc3cc(Cl)ccc3O2)C1. The second-order valence-electron chi connectivity index (χ2n) is 5.25. The first-order valence-corrected chi connectivity index (χ1v) is 6.94. The largest absolute Gasteiger partial charge is 0.488 e. The summed E-state index contributed by atoms with van der Waals surface area (Å²) in [7, 11) is 0. The van der Waals surface area contributed by atoms with Crippen molar-refractivity contribution in [3.63, 3.8) is 0 Å². The van der Waals surface area contributed by atoms with Gasteiger partial charge in [0, 0.05) is 24.5 Å². The topological polar surface area (TPSA) is 32.7 Å². The lowest BCUT2D eigenvalue weighted by molar-refractivity contribution is 0.0502. The second-order valence-corrected chi connectivity index (χ2v) is 5.69. The Kier molecular flexibility index (Phi) is 3.46. The van der Waals surface area contributed by atoms with Crippen molar-refractivity contribution in [1.29, 1.82) is 0 Å². The van der Waals surface area contributed by atoms with Crippen LogP contribution in [0.2, 0.25) is 5.02 Å². The van der Waals surface area contributed by atoms with Gasteiger partial charge in [-0.2, -0.15) is 0 Å². The van der Waals surface area contributed by atoms with E-state index in [1.165, 1.54) is 5.56 Å². The van der Waals surface area contributed by atoms with Gasteiger partial charge in [-0.05, 0) is 43.1 Å². The zero-order valence-corrected chi connectivity index (χ0v) is 11.1. The highest BCUT2D eigenvalue weighted by molar-refractivity contribution is 6.30. The monoisotopic (exact) mass is 267 g/mol. The Hall–Kier alpha value is -0.770. The highest BCUT2D eigenvalue weighted by Gasteiger charge is 2.27. The van der Waals surface area contributed by atoms with E-state index in [9.17, 15) is 5.11 Å². The number of benzene rings is 1. The van der Waals surface area contributed by atoms with Gasteiger partial charge in [0.05, 0.1) is 6.10 Å². The molecule has 4 heteroatoms. The van der Waals surface area contributed by atoms with E-state index in [2.05, 4.69) is 4.90 Å². The first-order chi connectivity index (χ1) is 8.70. The maximum Gasteiger partial charge on any atom is 0.123 e. The molecule has 0 saturated carbocycles. The molecular formula is C14H18ClNO2. The molecule has 0 aliphatic carbocycles. The van der Waals surface area contributed by atoms with Crippen LogP contribution in [0.3, 0.4) is 0 Å². The molecule has 2 heterocycles. The van der Waals surface area contributed by atoms with E-state index in [0.717, 1.165) is 49.7 Å². The lowest BCUT2D eigenvalue weighted by Crippen LogP contribution is -2.43. The molecule has 0 bridgehead atoms. The summed E-state index contributed by atoms with van der Waals surface area (Å²) in [5.74, 6) is 0.960. The van der Waals surface area contributed by atoms with Gasteiger partial charge in [-0.25, -0.2) is 0 Å². The molecule has 1 N–H and O–H groups in total. The Labute approximate surface area is 112 Å². The van der Waals surface area contributed by atoms with E-state index in [0.29, 0.717) is 0 Å². The van der Waals surface area contributed by atoms with Crippen LogP contribution in [0.25, 0.3) is 0 Å². The van der Waals surface area contributed by atoms with E-state index in [-0.39, 0.29) is 12.2 Å². The molecule has 2 unspecified atom stereocenters. The minimum absolute atomic E-state index is 0.169. The summed E-state index contributed by atoms with van der Waals surface area (Å²) in [6.45, 7) is 2.73. The second kappa shape index (κ2) is 5.08. The lowest BCUT2D eigenvalue weighted by atomic mass is 10.1. The molecule has 0 radical (unpaired) electrons. The molecule has 18 heavy (non-hydrogen) atoms. The predicted octanol–water partition coefficient (Wildman–Crippen LogP) is 2.10. The van der Waals surface area contributed by atoms with Crippen molar-refractivity contribution in [3.8, 4) is 5.75 Å². The number of ether oxygens (including phenoxy) is 1. The number of aliphatic hydroxyl groups excluding tert-OH is 1. The van der Waals surface area contributed by atoms with Crippen molar-refractivity contribution in [2.45, 2.75) is 31.5 Å². The summed E-state index contributed by atoms with van der Waals surface area (Å²) in [4.78, 5) is 2.30. The zero-order valence-electron chi connectivity index (χ0n) is 10.3. The third-order valence-electron chi connectivity index (χ3n) is 3.71. The lowest BCUT2D eigenvalue weighted by Gasteiger charge is -2.31. The smallest absolute Gasteiger partial charge is 0.123 e. The van der Waals surface area contributed by atoms with Crippen molar-refractivity contribution in [2.75, 3.05) is 19.6 Å². The highest BCUT2D eigenvalue weighted by Crippen LogP contribution is 2.31. The number of β-amino-alcohol motifs (C(OH)–C–C–N with tert-alkyl or cyclic N) is 1. The zero-order chi connectivity index (χ0) is 12.5. The molecule has 2 aliphatic heterocycles. The van der Waals surface area contributed by atoms with E-state index >= 15 is 0 Å². The van der Waals surface area contributed by atoms with Crippen molar-refractivity contribution in [3.05, 3.63) is 28.8 Å². The molecule has 98 valence electrons. The first-order valence-electron chi connectivity index (χ1n) is 6.56. The number of hydrogen-bond donors (Lipinski definition) is 1. The maximum absolute atomic E-state index is 9.66. The summed E-state index contributed by atoms with van der Waals surface area (Å²) in [6.07, 6.45) is 2.95. The molecule has 1 saturated heterocycles. The molecule has 0 spiro atoms. The van der Waals surface area contributed by atoms with Gasteiger partial charge in [-0.15, -0.1) is 0 Å². The molecule has 3 nitrogen and oxygen atoms in total. The number of nitrogens with zero attached hydrogens (tertiary/aromatic N) is 1. The Morgan fingerprint density at radius 2 is 2.33 bits per heavy atom. The fourth-order valence-electron chi connectivity index (χ4n) is 2.88. The molecule has 2 atom stereocenters. The van der Waals surface area contributed by atoms with E-state index in [1.807, 2.05) is 18.2 Å². The number of fused-ring (bicyclic) bond motifs is 1. The van der Waals surface area contributed by atoms with Crippen LogP contribution in [0.4, 0.5) is 0 Å². The molecule has 3 rings (SSSR count). The number of rotatable bonds is 2. The predicted molar refractivity (Wildman–Crippen MR) is 71.3 cm³/mol. The van der Waals surface area contributed by atoms with Crippen molar-refractivity contribution < 1.29 is 9.84 Å². The number of likely N-dealkylation sites (tertiary alicyclic amines) is 1. The summed E-state index contributed by atoms with van der Waals surface area (Å²) >= 11 is 5.98. The number of aliphatic hydroxyl groups is 1. The van der Waals surface area contributed by atoms with Crippen LogP contribution in [0.1, 0.15) is 18.4 Å². The van der Waals surface area contributed by atoms with Gasteiger partial charge in [-0.3, -0.25) is 4.90 Å². The highest BCUT2D eigenvalue weighted by atomic mass is 35.5. The van der Waals surface area contributed by atoms with Gasteiger partial charge in [0.2, 0.25) is 0 Å². The normalized spacial score (nSPS) is 27.9. The van der Waals surface area contributed by atoms with Gasteiger partial charge in [0.1, 0.15) is 11.9 Å². The molecule has 1 fully saturated rings. The van der Waals surface area contributed by atoms with E-state index in [1.54, 1.807) is 0 Å². The van der Waals surface area contributed by atoms with Crippen LogP contribution in [0, 0.1) is 0 Å². The minimum atomic E-state index is -0.169. The van der Waals surface area contributed by atoms with Crippen LogP contribution in [-0.2, 0) is 6.42 Å². The maximum atomic E-state index is 9.66. The molecule has 2 aliphatic rings. The fraction of sp³-hybridized carbons (Fsp3) is 0.571. The van der Waals surface area contributed by atoms with Crippen LogP contribution in [0.15, 0.2) is 18.2 Å². The standard InChI is InChI=1S/C14H18ClNO2/c15-11-3-4-14-10(6-11)7-13(18-14)9-16-5-1-2-12(17)8-16/h3-4,6,12-13,17H,1-2,5,7-9H2. The average Bonchev–Trinajstić information content (AvgIpc) is 2.70. The van der Waals surface area contributed by atoms with Crippen molar-refractivity contribution in [2.24, 2.45) is 0 Å². The Bertz CT molecular complexity index is 438. The molecule has 1 aromatic carbocycles. The Morgan fingerprint density at radius 3 is 3.17 bits per heavy atom. The minimum Gasteiger partial charge on any atom is -0.488 e. The number of halogens is 1. The van der Waals surface area contributed by atoms with Crippen LogP contribution in [-0.4, -0.2) is 41.8 Å². The Morgan fingerprint density at radius 1 is 1.44 bits per heavy atom. The molecule has 0 aromatic heterocycles. The summed E-state index contributed by atoms with van der Waals surface area (Å²) in [6, 6.07) is 5.80. The fourth-order valence-corrected chi connectivity index (χ4v) is 3.07. The first kappa shape index (κ1) is 12.3.